The smallest absolute Gasteiger partial charge is 0.263 e. The van der Waals surface area contributed by atoms with Gasteiger partial charge >= 0.3 is 0 Å². The van der Waals surface area contributed by atoms with E-state index in [-0.39, 0.29) is 24.8 Å². The van der Waals surface area contributed by atoms with E-state index in [1.54, 1.807) is 11.4 Å². The Morgan fingerprint density at radius 2 is 2.15 bits per heavy atom. The van der Waals surface area contributed by atoms with Crippen LogP contribution >= 0.6 is 27.3 Å². The Labute approximate surface area is 161 Å². The number of hydrogen-bond donors (Lipinski definition) is 2. The number of hydrogen-bond acceptors (Lipinski definition) is 6. The molecule has 2 heterocycles. The van der Waals surface area contributed by atoms with E-state index in [0.29, 0.717) is 10.6 Å². The minimum absolute atomic E-state index is 0.168. The minimum atomic E-state index is -0.267. The summed E-state index contributed by atoms with van der Waals surface area (Å²) in [5.41, 5.74) is 2.32. The van der Waals surface area contributed by atoms with Gasteiger partial charge < -0.3 is 10.6 Å². The summed E-state index contributed by atoms with van der Waals surface area (Å²) >= 11 is 4.67. The van der Waals surface area contributed by atoms with E-state index in [1.807, 2.05) is 25.1 Å². The molecule has 134 valence electrons. The van der Waals surface area contributed by atoms with Crippen molar-refractivity contribution in [3.05, 3.63) is 50.9 Å². The molecule has 1 aromatic carbocycles. The normalized spacial score (nSPS) is 10.5. The zero-order valence-electron chi connectivity index (χ0n) is 13.8. The number of anilines is 1. The second-order valence-corrected chi connectivity index (χ2v) is 7.23. The number of nitrogens with one attached hydrogen (secondary N) is 2. The highest BCUT2D eigenvalue weighted by atomic mass is 79.9. The summed E-state index contributed by atoms with van der Waals surface area (Å²) in [4.78, 5) is 24.9. The number of rotatable bonds is 6. The van der Waals surface area contributed by atoms with Gasteiger partial charge in [0.05, 0.1) is 5.69 Å². The van der Waals surface area contributed by atoms with Gasteiger partial charge in [-0.1, -0.05) is 22.0 Å². The maximum Gasteiger partial charge on any atom is 0.263 e. The van der Waals surface area contributed by atoms with Crippen LogP contribution in [0.3, 0.4) is 0 Å². The molecule has 26 heavy (non-hydrogen) atoms. The fraction of sp³-hybridized carbons (Fsp3) is 0.188. The molecule has 0 bridgehead atoms. The van der Waals surface area contributed by atoms with Crippen molar-refractivity contribution in [2.24, 2.45) is 0 Å². The number of carbonyl (C=O) groups excluding carboxylic acids is 2. The molecule has 3 rings (SSSR count). The van der Waals surface area contributed by atoms with Crippen molar-refractivity contribution >= 4 is 44.8 Å². The van der Waals surface area contributed by atoms with E-state index < -0.39 is 0 Å². The molecule has 0 unspecified atom stereocenters. The number of amides is 2. The molecule has 10 heteroatoms. The van der Waals surface area contributed by atoms with Crippen molar-refractivity contribution in [2.45, 2.75) is 13.3 Å². The number of carbonyl (C=O) groups is 2. The SMILES string of the molecule is Cc1ccc(Br)cc1NC(=O)CCNC(=O)c1sccc1-n1cnnn1. The molecular weight excluding hydrogens is 420 g/mol. The van der Waals surface area contributed by atoms with E-state index in [2.05, 4.69) is 42.1 Å². The second kappa shape index (κ2) is 8.19. The number of halogens is 1. The lowest BCUT2D eigenvalue weighted by atomic mass is 10.2. The van der Waals surface area contributed by atoms with Crippen LogP contribution in [0.4, 0.5) is 5.69 Å². The van der Waals surface area contributed by atoms with Gasteiger partial charge in [0, 0.05) is 23.1 Å². The van der Waals surface area contributed by atoms with Crippen LogP contribution in [0.5, 0.6) is 0 Å². The molecule has 8 nitrogen and oxygen atoms in total. The standard InChI is InChI=1S/C16H15BrN6O2S/c1-10-2-3-11(17)8-12(10)20-14(24)4-6-18-16(25)15-13(5-7-26-15)23-9-19-21-22-23/h2-3,5,7-9H,4,6H2,1H3,(H,18,25)(H,20,24). The van der Waals surface area contributed by atoms with Gasteiger partial charge in [-0.15, -0.1) is 16.4 Å². The van der Waals surface area contributed by atoms with Crippen LogP contribution in [-0.2, 0) is 4.79 Å². The third-order valence-corrected chi connectivity index (χ3v) is 4.95. The van der Waals surface area contributed by atoms with E-state index in [0.717, 1.165) is 15.7 Å². The molecular formula is C16H15BrN6O2S. The number of aryl methyl sites for hydroxylation is 1. The highest BCUT2D eigenvalue weighted by molar-refractivity contribution is 9.10. The van der Waals surface area contributed by atoms with Crippen molar-refractivity contribution in [1.29, 1.82) is 0 Å². The van der Waals surface area contributed by atoms with Gasteiger partial charge in [0.15, 0.2) is 0 Å². The van der Waals surface area contributed by atoms with Gasteiger partial charge in [-0.25, -0.2) is 0 Å². The zero-order valence-corrected chi connectivity index (χ0v) is 16.2. The second-order valence-electron chi connectivity index (χ2n) is 5.40. The number of thiophene rings is 1. The summed E-state index contributed by atoms with van der Waals surface area (Å²) in [5.74, 6) is -0.435. The topological polar surface area (TPSA) is 102 Å². The monoisotopic (exact) mass is 434 g/mol. The van der Waals surface area contributed by atoms with Gasteiger partial charge in [-0.2, -0.15) is 4.68 Å². The Morgan fingerprint density at radius 3 is 2.92 bits per heavy atom. The Hall–Kier alpha value is -2.59. The van der Waals surface area contributed by atoms with E-state index in [4.69, 9.17) is 0 Å². The van der Waals surface area contributed by atoms with E-state index >= 15 is 0 Å². The Balaban J connectivity index is 1.54. The van der Waals surface area contributed by atoms with Crippen molar-refractivity contribution in [3.8, 4) is 5.69 Å². The summed E-state index contributed by atoms with van der Waals surface area (Å²) in [6, 6.07) is 7.43. The van der Waals surface area contributed by atoms with E-state index in [9.17, 15) is 9.59 Å². The van der Waals surface area contributed by atoms with Crippen molar-refractivity contribution in [1.82, 2.24) is 25.5 Å². The van der Waals surface area contributed by atoms with Gasteiger partial charge in [-0.05, 0) is 46.5 Å². The first-order valence-electron chi connectivity index (χ1n) is 7.69. The molecule has 3 aromatic rings. The molecule has 2 N–H and O–H groups in total. The summed E-state index contributed by atoms with van der Waals surface area (Å²) in [6.07, 6.45) is 1.59. The number of benzene rings is 1. The predicted octanol–water partition coefficient (Wildman–Crippen LogP) is 2.55. The molecule has 0 aliphatic rings. The third-order valence-electron chi connectivity index (χ3n) is 3.56. The summed E-state index contributed by atoms with van der Waals surface area (Å²) in [5, 5.41) is 18.3. The first kappa shape index (κ1) is 18.2. The Kier molecular flexibility index (Phi) is 5.74. The first-order valence-corrected chi connectivity index (χ1v) is 9.37. The predicted molar refractivity (Wildman–Crippen MR) is 101 cm³/mol. The molecule has 0 fully saturated rings. The van der Waals surface area contributed by atoms with E-state index in [1.165, 1.54) is 22.3 Å². The maximum absolute atomic E-state index is 12.3. The molecule has 2 aromatic heterocycles. The lowest BCUT2D eigenvalue weighted by Crippen LogP contribution is -2.28. The van der Waals surface area contributed by atoms with Gasteiger partial charge in [-0.3, -0.25) is 9.59 Å². The average Bonchev–Trinajstić information content (AvgIpc) is 3.28. The first-order chi connectivity index (χ1) is 12.5. The number of nitrogens with zero attached hydrogens (tertiary/aromatic N) is 4. The van der Waals surface area contributed by atoms with Crippen LogP contribution in [0, 0.1) is 6.92 Å². The van der Waals surface area contributed by atoms with Crippen LogP contribution < -0.4 is 10.6 Å². The van der Waals surface area contributed by atoms with Crippen molar-refractivity contribution in [2.75, 3.05) is 11.9 Å². The third kappa shape index (κ3) is 4.33. The lowest BCUT2D eigenvalue weighted by molar-refractivity contribution is -0.116. The molecule has 2 amide bonds. The largest absolute Gasteiger partial charge is 0.351 e. The van der Waals surface area contributed by atoms with Crippen LogP contribution in [-0.4, -0.2) is 38.6 Å². The number of aromatic nitrogens is 4. The summed E-state index contributed by atoms with van der Waals surface area (Å²) < 4.78 is 2.31. The van der Waals surface area contributed by atoms with Gasteiger partial charge in [0.2, 0.25) is 5.91 Å². The van der Waals surface area contributed by atoms with Crippen LogP contribution in [0.2, 0.25) is 0 Å². The quantitative estimate of drug-likeness (QED) is 0.620. The van der Waals surface area contributed by atoms with Crippen molar-refractivity contribution in [3.63, 3.8) is 0 Å². The molecule has 0 radical (unpaired) electrons. The fourth-order valence-electron chi connectivity index (χ4n) is 2.24. The zero-order chi connectivity index (χ0) is 18.5. The van der Waals surface area contributed by atoms with Gasteiger partial charge in [0.1, 0.15) is 11.2 Å². The summed E-state index contributed by atoms with van der Waals surface area (Å²) in [6.45, 7) is 2.14. The van der Waals surface area contributed by atoms with Gasteiger partial charge in [0.25, 0.3) is 5.91 Å². The van der Waals surface area contributed by atoms with Crippen molar-refractivity contribution < 1.29 is 9.59 Å². The van der Waals surface area contributed by atoms with Crippen LogP contribution in [0.1, 0.15) is 21.7 Å². The molecule has 0 saturated heterocycles. The molecule has 0 atom stereocenters. The summed E-state index contributed by atoms with van der Waals surface area (Å²) in [7, 11) is 0. The molecule has 0 spiro atoms. The molecule has 0 aliphatic carbocycles. The molecule has 0 saturated carbocycles. The highest BCUT2D eigenvalue weighted by Crippen LogP contribution is 2.21. The lowest BCUT2D eigenvalue weighted by Gasteiger charge is -2.09. The average molecular weight is 435 g/mol. The van der Waals surface area contributed by atoms with Crippen LogP contribution in [0.15, 0.2) is 40.4 Å². The Morgan fingerprint density at radius 1 is 1.31 bits per heavy atom. The Bertz CT molecular complexity index is 925. The number of tetrazole rings is 1. The highest BCUT2D eigenvalue weighted by Gasteiger charge is 2.15. The molecule has 0 aliphatic heterocycles. The van der Waals surface area contributed by atoms with Crippen LogP contribution in [0.25, 0.3) is 5.69 Å². The maximum atomic E-state index is 12.3. The minimum Gasteiger partial charge on any atom is -0.351 e. The fourth-order valence-corrected chi connectivity index (χ4v) is 3.39.